The minimum absolute atomic E-state index is 0.120. The van der Waals surface area contributed by atoms with Crippen molar-refractivity contribution in [3.05, 3.63) is 76.8 Å². The summed E-state index contributed by atoms with van der Waals surface area (Å²) in [6, 6.07) is 10.9. The topological polar surface area (TPSA) is 384 Å². The Morgan fingerprint density at radius 3 is 1.82 bits per heavy atom. The first-order valence-electron chi connectivity index (χ1n) is 14.4. The molecule has 57 heavy (non-hydrogen) atoms. The Morgan fingerprint density at radius 1 is 0.614 bits per heavy atom. The van der Waals surface area contributed by atoms with Gasteiger partial charge in [0.2, 0.25) is 0 Å². The van der Waals surface area contributed by atoms with Crippen LogP contribution in [-0.4, -0.2) is 61.8 Å². The normalized spacial score (nSPS) is 12.4. The molecule has 5 aromatic carbocycles. The molecule has 0 amide bonds. The van der Waals surface area contributed by atoms with Crippen molar-refractivity contribution in [1.29, 1.82) is 0 Å². The van der Waals surface area contributed by atoms with Crippen molar-refractivity contribution in [2.45, 2.75) is 19.6 Å². The zero-order valence-electron chi connectivity index (χ0n) is 27.3. The minimum Gasteiger partial charge on any atom is -0.508 e. The van der Waals surface area contributed by atoms with Crippen molar-refractivity contribution in [2.75, 3.05) is 0 Å². The Balaban J connectivity index is 1.66. The van der Waals surface area contributed by atoms with E-state index in [-0.39, 0.29) is 62.1 Å². The molecule has 0 fully saturated rings. The molecule has 5 aromatic rings. The van der Waals surface area contributed by atoms with Crippen LogP contribution in [-0.2, 0) is 39.0 Å². The van der Waals surface area contributed by atoms with E-state index in [0.29, 0.717) is 6.07 Å². The fourth-order valence-corrected chi connectivity index (χ4v) is 6.82. The maximum Gasteiger partial charge on any atom is 0.296 e. The molecular weight excluding hydrogens is 851 g/mol. The van der Waals surface area contributed by atoms with Crippen LogP contribution >= 0.6 is 24.1 Å². The molecule has 0 bridgehead atoms. The molecule has 298 valence electrons. The van der Waals surface area contributed by atoms with Gasteiger partial charge in [0.25, 0.3) is 25.9 Å². The number of aromatic hydroxyl groups is 4. The van der Waals surface area contributed by atoms with Crippen LogP contribution in [0.1, 0.15) is 0 Å². The molecule has 0 aliphatic carbocycles. The maximum atomic E-state index is 12.5. The number of phenols is 4. The number of fused-ring (bicyclic) bond motifs is 1. The lowest BCUT2D eigenvalue weighted by Gasteiger charge is -2.13. The van der Waals surface area contributed by atoms with E-state index in [2.05, 4.69) is 49.4 Å². The molecule has 0 heterocycles. The summed E-state index contributed by atoms with van der Waals surface area (Å²) in [5.74, 6) is -2.95. The molecule has 5 rings (SSSR count). The Hall–Kier alpha value is -5.96. The van der Waals surface area contributed by atoms with Crippen molar-refractivity contribution in [3.63, 3.8) is 0 Å². The summed E-state index contributed by atoms with van der Waals surface area (Å²) in [4.78, 5) is 7.86. The predicted molar refractivity (Wildman–Crippen MR) is 190 cm³/mol. The Labute approximate surface area is 324 Å². The zero-order valence-corrected chi connectivity index (χ0v) is 30.5. The average Bonchev–Trinajstić information content (AvgIpc) is 3.14. The van der Waals surface area contributed by atoms with Crippen LogP contribution in [0.4, 0.5) is 39.8 Å². The van der Waals surface area contributed by atoms with E-state index in [4.69, 9.17) is 10.5 Å². The highest BCUT2D eigenvalue weighted by atomic mass is 32.2. The van der Waals surface area contributed by atoms with Crippen LogP contribution < -0.4 is 0 Å². The first-order valence-corrected chi connectivity index (χ1v) is 18.8. The largest absolute Gasteiger partial charge is 0.508 e. The van der Waals surface area contributed by atoms with Gasteiger partial charge >= 0.3 is 0 Å². The summed E-state index contributed by atoms with van der Waals surface area (Å²) in [5.41, 5.74) is -3.36. The van der Waals surface area contributed by atoms with E-state index >= 15 is 0 Å². The predicted octanol–water partition coefficient (Wildman–Crippen LogP) is 8.17. The summed E-state index contributed by atoms with van der Waals surface area (Å²) >= 11 is 0.336. The van der Waals surface area contributed by atoms with Crippen molar-refractivity contribution >= 4 is 94.9 Å². The molecule has 8 N–H and O–H groups in total. The lowest BCUT2D eigenvalue weighted by molar-refractivity contribution is -0.432. The van der Waals surface area contributed by atoms with Gasteiger partial charge < -0.3 is 20.4 Å². The molecule has 0 saturated carbocycles. The molecule has 0 saturated heterocycles. The number of nitrogens with zero attached hydrogens (tertiary/aromatic N) is 7. The Morgan fingerprint density at radius 2 is 1.19 bits per heavy atom. The van der Waals surface area contributed by atoms with E-state index in [9.17, 15) is 56.5 Å². The summed E-state index contributed by atoms with van der Waals surface area (Å²) in [7, 11) is -10.4. The van der Waals surface area contributed by atoms with Gasteiger partial charge in [0.1, 0.15) is 49.7 Å². The lowest BCUT2D eigenvalue weighted by atomic mass is 10.1. The molecule has 0 spiro atoms. The van der Waals surface area contributed by atoms with E-state index in [1.54, 1.807) is 0 Å². The second-order valence-electron chi connectivity index (χ2n) is 10.5. The monoisotopic (exact) mass is 869 g/mol. The van der Waals surface area contributed by atoms with Crippen LogP contribution in [0.3, 0.4) is 0 Å². The van der Waals surface area contributed by atoms with Crippen molar-refractivity contribution < 1.29 is 80.5 Å². The number of benzene rings is 5. The molecule has 0 unspecified atom stereocenters. The summed E-state index contributed by atoms with van der Waals surface area (Å²) in [6.07, 6.45) is 0. The van der Waals surface area contributed by atoms with Crippen LogP contribution in [0.5, 0.6) is 23.0 Å². The number of azo groups is 3. The fourth-order valence-electron chi connectivity index (χ4n) is 4.55. The van der Waals surface area contributed by atoms with Crippen LogP contribution in [0.25, 0.3) is 10.8 Å². The number of non-ortho nitro benzene ring substituents is 1. The van der Waals surface area contributed by atoms with Gasteiger partial charge in [0.05, 0.1) is 49.9 Å². The first-order chi connectivity index (χ1) is 26.9. The van der Waals surface area contributed by atoms with Crippen molar-refractivity contribution in [2.24, 2.45) is 30.7 Å². The molecular formula is C28H19N7O18S4. The quantitative estimate of drug-likeness (QED) is 0.0123. The standard InChI is InChI=1S/C28H19N7O18S4/c36-15-3-6-16(19(37)11-15)30-29-13-1-4-18(22(9-13)56(44,45)46)32-33-25-21(55-53-51-43)7-12-8-23(57(47,48)49)26(28(39)24(12)27(25)38)34-31-17-5-2-14(35(40)41)10-20(17)54-52-50-42/h1-11,36-39,42-43H,(H,44,45,46)(H,47,48,49). The number of hydrogen-bond acceptors (Lipinski definition) is 24. The number of nitro groups is 1. The van der Waals surface area contributed by atoms with Gasteiger partial charge in [-0.25, -0.2) is 10.5 Å². The molecule has 25 nitrogen and oxygen atoms in total. The smallest absolute Gasteiger partial charge is 0.296 e. The third kappa shape index (κ3) is 9.89. The van der Waals surface area contributed by atoms with Gasteiger partial charge in [-0.1, -0.05) is 10.1 Å². The van der Waals surface area contributed by atoms with Gasteiger partial charge in [-0.3, -0.25) is 19.2 Å². The van der Waals surface area contributed by atoms with Crippen molar-refractivity contribution in [3.8, 4) is 23.0 Å². The average molecular weight is 870 g/mol. The SMILES string of the molecule is O=[N+]([O-])c1ccc(N=Nc2c(S(=O)(=O)O)cc3cc(SOOO)c(N=Nc4ccc(N=Nc5ccc(O)cc5O)cc4S(=O)(=O)O)c(O)c3c2O)c(SOOO)c1. The molecule has 29 heteroatoms. The molecule has 0 aliphatic rings. The summed E-state index contributed by atoms with van der Waals surface area (Å²) in [6.45, 7) is 0. The van der Waals surface area contributed by atoms with Crippen LogP contribution in [0.15, 0.2) is 117 Å². The Kier molecular flexibility index (Phi) is 12.9. The van der Waals surface area contributed by atoms with E-state index in [1.807, 2.05) is 0 Å². The van der Waals surface area contributed by atoms with Gasteiger partial charge in [-0.05, 0) is 53.9 Å². The van der Waals surface area contributed by atoms with E-state index < -0.39 is 80.3 Å². The van der Waals surface area contributed by atoms with Gasteiger partial charge in [-0.2, -0.15) is 21.9 Å². The Bertz CT molecular complexity index is 2720. The molecule has 0 atom stereocenters. The highest BCUT2D eigenvalue weighted by Gasteiger charge is 2.27. The fraction of sp³-hybridized carbons (Fsp3) is 0. The number of nitro benzene ring substituents is 1. The maximum absolute atomic E-state index is 12.5. The van der Waals surface area contributed by atoms with Crippen LogP contribution in [0.2, 0.25) is 0 Å². The lowest BCUT2D eigenvalue weighted by Crippen LogP contribution is -1.99. The third-order valence-electron chi connectivity index (χ3n) is 6.96. The van der Waals surface area contributed by atoms with E-state index in [1.165, 1.54) is 12.1 Å². The summed E-state index contributed by atoms with van der Waals surface area (Å²) in [5, 5.41) is 99.2. The first kappa shape index (κ1) is 42.2. The van der Waals surface area contributed by atoms with Gasteiger partial charge in [0.15, 0.2) is 11.5 Å². The van der Waals surface area contributed by atoms with Gasteiger partial charge in [-0.15, -0.1) is 34.2 Å². The molecule has 0 radical (unpaired) electrons. The highest BCUT2D eigenvalue weighted by molar-refractivity contribution is 7.95. The number of rotatable bonds is 15. The van der Waals surface area contributed by atoms with Crippen LogP contribution in [0, 0.1) is 10.1 Å². The molecule has 0 aliphatic heterocycles. The minimum atomic E-state index is -5.27. The number of hydrogen-bond donors (Lipinski definition) is 8. The second-order valence-corrected chi connectivity index (χ2v) is 14.7. The van der Waals surface area contributed by atoms with E-state index in [0.717, 1.165) is 48.5 Å². The highest BCUT2D eigenvalue weighted by Crippen LogP contribution is 2.51. The molecule has 0 aromatic heterocycles. The summed E-state index contributed by atoms with van der Waals surface area (Å²) < 4.78 is 78.2. The van der Waals surface area contributed by atoms with Crippen molar-refractivity contribution in [1.82, 2.24) is 0 Å². The van der Waals surface area contributed by atoms with Gasteiger partial charge in [0, 0.05) is 18.2 Å². The third-order valence-corrected chi connectivity index (χ3v) is 9.97. The number of phenolic OH excluding ortho intramolecular Hbond substituents is 4. The second kappa shape index (κ2) is 17.5. The zero-order chi connectivity index (χ0) is 41.7.